The van der Waals surface area contributed by atoms with Gasteiger partial charge in [0, 0.05) is 22.6 Å². The van der Waals surface area contributed by atoms with Crippen LogP contribution in [-0.2, 0) is 23.0 Å². The summed E-state index contributed by atoms with van der Waals surface area (Å²) in [6.07, 6.45) is 0.910. The molecule has 2 aromatic rings. The first-order chi connectivity index (χ1) is 10.3. The van der Waals surface area contributed by atoms with E-state index in [1.807, 2.05) is 18.2 Å². The van der Waals surface area contributed by atoms with Crippen molar-refractivity contribution in [1.82, 2.24) is 5.32 Å². The summed E-state index contributed by atoms with van der Waals surface area (Å²) >= 11 is 0. The number of nitrogens with one attached hydrogen (secondary N) is 1. The van der Waals surface area contributed by atoms with Crippen LogP contribution in [0.5, 0.6) is 0 Å². The van der Waals surface area contributed by atoms with Gasteiger partial charge in [0.15, 0.2) is 0 Å². The van der Waals surface area contributed by atoms with Crippen molar-refractivity contribution in [2.24, 2.45) is 0 Å². The molecule has 3 heteroatoms. The van der Waals surface area contributed by atoms with Crippen LogP contribution in [-0.4, -0.2) is 16.0 Å². The molecule has 1 aliphatic rings. The van der Waals surface area contributed by atoms with Crippen molar-refractivity contribution in [2.45, 2.75) is 30.4 Å². The fourth-order valence-electron chi connectivity index (χ4n) is 3.11. The van der Waals surface area contributed by atoms with Gasteiger partial charge in [0.2, 0.25) is 0 Å². The molecule has 0 spiro atoms. The summed E-state index contributed by atoms with van der Waals surface area (Å²) in [6.45, 7) is 3.01. The number of benzene rings is 2. The van der Waals surface area contributed by atoms with Gasteiger partial charge >= 0.3 is 0 Å². The van der Waals surface area contributed by atoms with Crippen LogP contribution >= 0.6 is 0 Å². The normalized spacial score (nSPS) is 22.0. The second-order valence-corrected chi connectivity index (χ2v) is 7.14. The molecule has 0 bridgehead atoms. The summed E-state index contributed by atoms with van der Waals surface area (Å²) in [5.41, 5.74) is 3.82. The van der Waals surface area contributed by atoms with E-state index in [4.69, 9.17) is 0 Å². The third-order valence-corrected chi connectivity index (χ3v) is 5.83. The quantitative estimate of drug-likeness (QED) is 0.918. The second kappa shape index (κ2) is 6.54. The molecular weight excluding hydrogens is 278 g/mol. The summed E-state index contributed by atoms with van der Waals surface area (Å²) in [5, 5.41) is 3.69. The second-order valence-electron chi connectivity index (χ2n) is 5.49. The average molecular weight is 299 g/mol. The van der Waals surface area contributed by atoms with Crippen LogP contribution in [0.3, 0.4) is 0 Å². The highest BCUT2D eigenvalue weighted by atomic mass is 32.2. The number of hydrogen-bond donors (Lipinski definition) is 1. The monoisotopic (exact) mass is 299 g/mol. The van der Waals surface area contributed by atoms with E-state index < -0.39 is 10.8 Å². The van der Waals surface area contributed by atoms with Crippen molar-refractivity contribution in [1.29, 1.82) is 0 Å². The summed E-state index contributed by atoms with van der Waals surface area (Å²) in [7, 11) is -0.867. The molecule has 1 aliphatic carbocycles. The van der Waals surface area contributed by atoms with Crippen molar-refractivity contribution in [3.8, 4) is 0 Å². The molecule has 0 amide bonds. The van der Waals surface area contributed by atoms with Gasteiger partial charge in [-0.3, -0.25) is 4.21 Å². The maximum atomic E-state index is 12.8. The number of rotatable bonds is 5. The minimum Gasteiger partial charge on any atom is -0.309 e. The van der Waals surface area contributed by atoms with Crippen LogP contribution in [0.25, 0.3) is 0 Å². The minimum absolute atomic E-state index is 0.169. The van der Waals surface area contributed by atoms with Gasteiger partial charge in [0.05, 0.1) is 5.25 Å². The van der Waals surface area contributed by atoms with Gasteiger partial charge in [0.1, 0.15) is 0 Å². The Morgan fingerprint density at radius 3 is 2.57 bits per heavy atom. The van der Waals surface area contributed by atoms with Crippen LogP contribution in [0.15, 0.2) is 54.6 Å². The van der Waals surface area contributed by atoms with Crippen LogP contribution in [0.4, 0.5) is 0 Å². The van der Waals surface area contributed by atoms with E-state index in [0.29, 0.717) is 5.75 Å². The van der Waals surface area contributed by atoms with E-state index in [9.17, 15) is 4.21 Å². The first-order valence-electron chi connectivity index (χ1n) is 7.52. The highest BCUT2D eigenvalue weighted by molar-refractivity contribution is 7.84. The third kappa shape index (κ3) is 3.09. The van der Waals surface area contributed by atoms with Gasteiger partial charge in [-0.1, -0.05) is 61.5 Å². The fraction of sp³-hybridized carbons (Fsp3) is 0.333. The standard InChI is InChI=1S/C18H21NOS/c1-2-19-18-16-11-7-6-10-15(16)12-17(18)21(20)13-14-8-4-3-5-9-14/h3-11,17-19H,2,12-13H2,1H3. The van der Waals surface area contributed by atoms with Crippen LogP contribution in [0.2, 0.25) is 0 Å². The zero-order valence-electron chi connectivity index (χ0n) is 12.3. The van der Waals surface area contributed by atoms with Crippen LogP contribution in [0, 0.1) is 0 Å². The zero-order valence-corrected chi connectivity index (χ0v) is 13.1. The third-order valence-electron chi connectivity index (χ3n) is 4.10. The van der Waals surface area contributed by atoms with E-state index in [1.165, 1.54) is 11.1 Å². The van der Waals surface area contributed by atoms with Gasteiger partial charge in [-0.05, 0) is 29.7 Å². The molecule has 2 aromatic carbocycles. The molecule has 0 saturated carbocycles. The van der Waals surface area contributed by atoms with Gasteiger partial charge < -0.3 is 5.32 Å². The molecule has 0 radical (unpaired) electrons. The van der Waals surface area contributed by atoms with Gasteiger partial charge in [-0.25, -0.2) is 0 Å². The zero-order chi connectivity index (χ0) is 14.7. The molecule has 3 unspecified atom stereocenters. The Morgan fingerprint density at radius 2 is 1.81 bits per heavy atom. The Hall–Kier alpha value is -1.45. The lowest BCUT2D eigenvalue weighted by Crippen LogP contribution is -2.32. The maximum absolute atomic E-state index is 12.8. The predicted octanol–water partition coefficient (Wildman–Crippen LogP) is 3.21. The van der Waals surface area contributed by atoms with E-state index in [2.05, 4.69) is 48.6 Å². The van der Waals surface area contributed by atoms with Crippen molar-refractivity contribution >= 4 is 10.8 Å². The van der Waals surface area contributed by atoms with Gasteiger partial charge in [-0.15, -0.1) is 0 Å². The Bertz CT molecular complexity index is 626. The van der Waals surface area contributed by atoms with Crippen LogP contribution in [0.1, 0.15) is 29.7 Å². The highest BCUT2D eigenvalue weighted by Crippen LogP contribution is 2.35. The molecular formula is C18H21NOS. The SMILES string of the molecule is CCNC1c2ccccc2CC1S(=O)Cc1ccccc1. The van der Waals surface area contributed by atoms with E-state index in [-0.39, 0.29) is 11.3 Å². The Balaban J connectivity index is 1.80. The van der Waals surface area contributed by atoms with Crippen molar-refractivity contribution in [3.63, 3.8) is 0 Å². The van der Waals surface area contributed by atoms with Crippen molar-refractivity contribution < 1.29 is 4.21 Å². The molecule has 2 nitrogen and oxygen atoms in total. The lowest BCUT2D eigenvalue weighted by molar-refractivity contribution is 0.546. The van der Waals surface area contributed by atoms with Crippen molar-refractivity contribution in [3.05, 3.63) is 71.3 Å². The smallest absolute Gasteiger partial charge is 0.0586 e. The summed E-state index contributed by atoms with van der Waals surface area (Å²) in [6, 6.07) is 18.8. The molecule has 21 heavy (non-hydrogen) atoms. The van der Waals surface area contributed by atoms with Crippen molar-refractivity contribution in [2.75, 3.05) is 6.54 Å². The van der Waals surface area contributed by atoms with E-state index in [1.54, 1.807) is 0 Å². The molecule has 110 valence electrons. The lowest BCUT2D eigenvalue weighted by Gasteiger charge is -2.21. The summed E-state index contributed by atoms with van der Waals surface area (Å²) in [4.78, 5) is 0. The first-order valence-corrected chi connectivity index (χ1v) is 8.90. The largest absolute Gasteiger partial charge is 0.309 e. The summed E-state index contributed by atoms with van der Waals surface area (Å²) < 4.78 is 12.8. The summed E-state index contributed by atoms with van der Waals surface area (Å²) in [5.74, 6) is 0.640. The number of fused-ring (bicyclic) bond motifs is 1. The minimum atomic E-state index is -0.867. The van der Waals surface area contributed by atoms with Gasteiger partial charge in [-0.2, -0.15) is 0 Å². The average Bonchev–Trinajstić information content (AvgIpc) is 2.88. The Morgan fingerprint density at radius 1 is 1.10 bits per heavy atom. The van der Waals surface area contributed by atoms with E-state index >= 15 is 0 Å². The molecule has 0 heterocycles. The van der Waals surface area contributed by atoms with E-state index in [0.717, 1.165) is 18.5 Å². The van der Waals surface area contributed by atoms with Gasteiger partial charge in [0.25, 0.3) is 0 Å². The highest BCUT2D eigenvalue weighted by Gasteiger charge is 2.35. The lowest BCUT2D eigenvalue weighted by atomic mass is 10.1. The molecule has 3 rings (SSSR count). The first kappa shape index (κ1) is 14.5. The van der Waals surface area contributed by atoms with Crippen LogP contribution < -0.4 is 5.32 Å². The molecule has 0 fully saturated rings. The molecule has 1 N–H and O–H groups in total. The predicted molar refractivity (Wildman–Crippen MR) is 88.6 cm³/mol. The number of hydrogen-bond acceptors (Lipinski definition) is 2. The maximum Gasteiger partial charge on any atom is 0.0586 e. The Labute approximate surface area is 129 Å². The fourth-order valence-corrected chi connectivity index (χ4v) is 4.76. The molecule has 0 saturated heterocycles. The molecule has 0 aromatic heterocycles. The molecule has 0 aliphatic heterocycles. The molecule has 3 atom stereocenters. The topological polar surface area (TPSA) is 29.1 Å². The Kier molecular flexibility index (Phi) is 4.51.